The monoisotopic (exact) mass is 457 g/mol. The molecule has 3 aromatic heterocycles. The first-order valence-electron chi connectivity index (χ1n) is 10.5. The van der Waals surface area contributed by atoms with E-state index in [2.05, 4.69) is 38.4 Å². The highest BCUT2D eigenvalue weighted by molar-refractivity contribution is 7.98. The summed E-state index contributed by atoms with van der Waals surface area (Å²) in [7, 11) is 3.32. The van der Waals surface area contributed by atoms with E-state index in [9.17, 15) is 0 Å². The van der Waals surface area contributed by atoms with Gasteiger partial charge in [-0.05, 0) is 67.1 Å². The molecule has 0 saturated carbocycles. The molecule has 0 saturated heterocycles. The number of thioether (sulfide) groups is 1. The van der Waals surface area contributed by atoms with Crippen molar-refractivity contribution >= 4 is 17.4 Å². The number of aromatic nitrogens is 5. The third kappa shape index (κ3) is 4.17. The van der Waals surface area contributed by atoms with Gasteiger partial charge in [0.2, 0.25) is 0 Å². The zero-order chi connectivity index (χ0) is 22.8. The highest BCUT2D eigenvalue weighted by atomic mass is 32.2. The Hall–Kier alpha value is -3.78. The van der Waals surface area contributed by atoms with Crippen molar-refractivity contribution in [1.29, 1.82) is 0 Å². The summed E-state index contributed by atoms with van der Waals surface area (Å²) < 4.78 is 14.8. The summed E-state index contributed by atoms with van der Waals surface area (Å²) in [5.41, 5.74) is 5.03. The van der Waals surface area contributed by atoms with Crippen LogP contribution in [0.2, 0.25) is 0 Å². The smallest absolute Gasteiger partial charge is 0.196 e. The van der Waals surface area contributed by atoms with E-state index >= 15 is 0 Å². The number of rotatable bonds is 7. The minimum Gasteiger partial charge on any atom is -0.497 e. The van der Waals surface area contributed by atoms with Gasteiger partial charge in [0, 0.05) is 29.4 Å². The largest absolute Gasteiger partial charge is 0.497 e. The zero-order valence-electron chi connectivity index (χ0n) is 18.6. The number of benzene rings is 2. The maximum absolute atomic E-state index is 5.33. The zero-order valence-corrected chi connectivity index (χ0v) is 19.4. The fraction of sp³-hybridized carbons (Fsp3) is 0.160. The van der Waals surface area contributed by atoms with E-state index in [4.69, 9.17) is 14.5 Å². The second-order valence-corrected chi connectivity index (χ2v) is 8.45. The molecule has 5 aromatic rings. The molecule has 0 aliphatic carbocycles. The van der Waals surface area contributed by atoms with E-state index in [-0.39, 0.29) is 0 Å². The van der Waals surface area contributed by atoms with Gasteiger partial charge in [-0.1, -0.05) is 17.8 Å². The van der Waals surface area contributed by atoms with Gasteiger partial charge in [-0.15, -0.1) is 10.2 Å². The molecular formula is C25H23N5O2S. The molecule has 7 nitrogen and oxygen atoms in total. The quantitative estimate of drug-likeness (QED) is 0.313. The molecule has 0 fully saturated rings. The molecule has 0 atom stereocenters. The van der Waals surface area contributed by atoms with Crippen LogP contribution in [0, 0.1) is 6.92 Å². The fourth-order valence-corrected chi connectivity index (χ4v) is 4.50. The number of hydrogen-bond donors (Lipinski definition) is 0. The fourth-order valence-electron chi connectivity index (χ4n) is 3.67. The average molecular weight is 458 g/mol. The van der Waals surface area contributed by atoms with Crippen LogP contribution in [0.15, 0.2) is 78.2 Å². The molecule has 0 spiro atoms. The van der Waals surface area contributed by atoms with Crippen LogP contribution in [0.1, 0.15) is 11.3 Å². The summed E-state index contributed by atoms with van der Waals surface area (Å²) in [6, 6.07) is 19.8. The van der Waals surface area contributed by atoms with E-state index in [0.29, 0.717) is 5.75 Å². The molecule has 5 rings (SSSR count). The number of methoxy groups -OCH3 is 2. The van der Waals surface area contributed by atoms with Crippen LogP contribution in [0.25, 0.3) is 22.7 Å². The van der Waals surface area contributed by atoms with Gasteiger partial charge in [-0.25, -0.2) is 4.98 Å². The molecule has 0 amide bonds. The van der Waals surface area contributed by atoms with Crippen LogP contribution < -0.4 is 9.47 Å². The first-order valence-corrected chi connectivity index (χ1v) is 11.4. The van der Waals surface area contributed by atoms with E-state index in [1.165, 1.54) is 0 Å². The predicted molar refractivity (Wildman–Crippen MR) is 129 cm³/mol. The van der Waals surface area contributed by atoms with Crippen LogP contribution in [0.5, 0.6) is 11.5 Å². The highest BCUT2D eigenvalue weighted by Gasteiger charge is 2.17. The van der Waals surface area contributed by atoms with Crippen molar-refractivity contribution in [2.75, 3.05) is 14.2 Å². The van der Waals surface area contributed by atoms with E-state index < -0.39 is 0 Å². The Morgan fingerprint density at radius 2 is 1.58 bits per heavy atom. The molecule has 2 aromatic carbocycles. The first kappa shape index (κ1) is 21.1. The molecule has 3 heterocycles. The minimum atomic E-state index is 0.679. The molecule has 33 heavy (non-hydrogen) atoms. The number of nitrogens with zero attached hydrogens (tertiary/aromatic N) is 5. The van der Waals surface area contributed by atoms with Crippen molar-refractivity contribution in [2.45, 2.75) is 17.8 Å². The SMILES string of the molecule is COc1ccc(-c2nnc(SCc3cn4cccc(C)c4n3)n2-c2ccc(OC)cc2)cc1. The third-order valence-corrected chi connectivity index (χ3v) is 6.35. The van der Waals surface area contributed by atoms with Gasteiger partial charge >= 0.3 is 0 Å². The minimum absolute atomic E-state index is 0.679. The highest BCUT2D eigenvalue weighted by Crippen LogP contribution is 2.31. The summed E-state index contributed by atoms with van der Waals surface area (Å²) in [6.45, 7) is 2.07. The van der Waals surface area contributed by atoms with Crippen LogP contribution in [-0.2, 0) is 5.75 Å². The van der Waals surface area contributed by atoms with Crippen molar-refractivity contribution in [3.8, 4) is 28.6 Å². The van der Waals surface area contributed by atoms with E-state index in [1.807, 2.05) is 60.8 Å². The average Bonchev–Trinajstić information content (AvgIpc) is 3.48. The van der Waals surface area contributed by atoms with E-state index in [1.54, 1.807) is 26.0 Å². The Balaban J connectivity index is 1.51. The normalized spacial score (nSPS) is 11.1. The second kappa shape index (κ2) is 8.99. The molecule has 0 N–H and O–H groups in total. The standard InChI is InChI=1S/C25H23N5O2S/c1-17-5-4-14-29-15-19(26-23(17)29)16-33-25-28-27-24(18-6-10-21(31-2)11-7-18)30(25)20-8-12-22(32-3)13-9-20/h4-15H,16H2,1-3H3. The lowest BCUT2D eigenvalue weighted by Gasteiger charge is -2.11. The number of aryl methyl sites for hydroxylation is 1. The molecule has 0 bridgehead atoms. The number of fused-ring (bicyclic) bond motifs is 1. The van der Waals surface area contributed by atoms with Gasteiger partial charge in [0.15, 0.2) is 11.0 Å². The molecule has 0 aliphatic rings. The van der Waals surface area contributed by atoms with Gasteiger partial charge in [0.25, 0.3) is 0 Å². The van der Waals surface area contributed by atoms with Gasteiger partial charge in [-0.2, -0.15) is 0 Å². The number of imidazole rings is 1. The number of pyridine rings is 1. The summed E-state index contributed by atoms with van der Waals surface area (Å²) in [4.78, 5) is 4.79. The number of hydrogen-bond acceptors (Lipinski definition) is 6. The Labute approximate surface area is 196 Å². The van der Waals surface area contributed by atoms with Crippen molar-refractivity contribution in [3.05, 3.63) is 84.3 Å². The molecule has 0 unspecified atom stereocenters. The molecule has 0 aliphatic heterocycles. The molecular weight excluding hydrogens is 434 g/mol. The lowest BCUT2D eigenvalue weighted by molar-refractivity contribution is 0.414. The summed E-state index contributed by atoms with van der Waals surface area (Å²) in [6.07, 6.45) is 4.08. The van der Waals surface area contributed by atoms with Gasteiger partial charge in [-0.3, -0.25) is 4.57 Å². The van der Waals surface area contributed by atoms with Crippen molar-refractivity contribution in [3.63, 3.8) is 0 Å². The predicted octanol–water partition coefficient (Wildman–Crippen LogP) is 5.20. The summed E-state index contributed by atoms with van der Waals surface area (Å²) in [5.74, 6) is 3.03. The lowest BCUT2D eigenvalue weighted by atomic mass is 10.2. The Kier molecular flexibility index (Phi) is 5.75. The first-order chi connectivity index (χ1) is 16.2. The maximum atomic E-state index is 5.33. The lowest BCUT2D eigenvalue weighted by Crippen LogP contribution is -2.00. The van der Waals surface area contributed by atoms with E-state index in [0.717, 1.165) is 50.6 Å². The van der Waals surface area contributed by atoms with Crippen molar-refractivity contribution in [1.82, 2.24) is 24.1 Å². The molecule has 0 radical (unpaired) electrons. The van der Waals surface area contributed by atoms with Crippen LogP contribution in [0.3, 0.4) is 0 Å². The van der Waals surface area contributed by atoms with Crippen LogP contribution in [0.4, 0.5) is 0 Å². The summed E-state index contributed by atoms with van der Waals surface area (Å²) >= 11 is 1.61. The van der Waals surface area contributed by atoms with Crippen molar-refractivity contribution < 1.29 is 9.47 Å². The van der Waals surface area contributed by atoms with Crippen molar-refractivity contribution in [2.24, 2.45) is 0 Å². The van der Waals surface area contributed by atoms with Gasteiger partial charge < -0.3 is 13.9 Å². The maximum Gasteiger partial charge on any atom is 0.196 e. The third-order valence-electron chi connectivity index (χ3n) is 5.39. The Bertz CT molecular complexity index is 1390. The van der Waals surface area contributed by atoms with Crippen LogP contribution >= 0.6 is 11.8 Å². The number of ether oxygens (including phenoxy) is 2. The van der Waals surface area contributed by atoms with Gasteiger partial charge in [0.05, 0.1) is 19.9 Å². The molecule has 8 heteroatoms. The van der Waals surface area contributed by atoms with Crippen LogP contribution in [-0.4, -0.2) is 38.4 Å². The topological polar surface area (TPSA) is 66.5 Å². The molecule has 166 valence electrons. The Morgan fingerprint density at radius 3 is 2.24 bits per heavy atom. The Morgan fingerprint density at radius 1 is 0.879 bits per heavy atom. The second-order valence-electron chi connectivity index (χ2n) is 7.51. The summed E-state index contributed by atoms with van der Waals surface area (Å²) in [5, 5.41) is 9.84. The van der Waals surface area contributed by atoms with Gasteiger partial charge in [0.1, 0.15) is 17.1 Å².